The van der Waals surface area contributed by atoms with Gasteiger partial charge in [-0.25, -0.2) is 10.9 Å². The third-order valence-electron chi connectivity index (χ3n) is 2.58. The lowest BCUT2D eigenvalue weighted by Crippen LogP contribution is -2.34. The summed E-state index contributed by atoms with van der Waals surface area (Å²) in [6, 6.07) is 6.38. The molecule has 0 aromatic heterocycles. The van der Waals surface area contributed by atoms with Crippen LogP contribution in [0.15, 0.2) is 34.5 Å². The second kappa shape index (κ2) is 5.30. The molecule has 0 radical (unpaired) electrons. The number of carbonyl (C=O) groups is 2. The van der Waals surface area contributed by atoms with Gasteiger partial charge in [-0.15, -0.1) is 0 Å². The van der Waals surface area contributed by atoms with Gasteiger partial charge in [0.15, 0.2) is 5.92 Å². The zero-order valence-electron chi connectivity index (χ0n) is 10.1. The minimum Gasteiger partial charge on any atom is -0.508 e. The Morgan fingerprint density at radius 1 is 1.42 bits per heavy atom. The number of nitrogens with zero attached hydrogens (tertiary/aromatic N) is 2. The summed E-state index contributed by atoms with van der Waals surface area (Å²) in [5.41, 5.74) is 5.78. The van der Waals surface area contributed by atoms with Crippen LogP contribution in [-0.2, 0) is 9.59 Å². The van der Waals surface area contributed by atoms with E-state index in [9.17, 15) is 9.59 Å². The molecule has 1 aromatic rings. The Kier molecular flexibility index (Phi) is 3.56. The van der Waals surface area contributed by atoms with Gasteiger partial charge in [-0.2, -0.15) is 10.2 Å². The second-order valence-electron chi connectivity index (χ2n) is 3.95. The van der Waals surface area contributed by atoms with Crippen molar-refractivity contribution in [3.05, 3.63) is 29.8 Å². The zero-order valence-corrected chi connectivity index (χ0v) is 10.1. The summed E-state index contributed by atoms with van der Waals surface area (Å²) in [5.74, 6) is -1.82. The Balaban J connectivity index is 2.02. The van der Waals surface area contributed by atoms with E-state index in [0.29, 0.717) is 5.71 Å². The monoisotopic (exact) mass is 260 g/mol. The molecule has 1 atom stereocenters. The molecule has 7 heteroatoms. The largest absolute Gasteiger partial charge is 0.508 e. The van der Waals surface area contributed by atoms with Crippen LogP contribution in [0.1, 0.15) is 12.5 Å². The highest BCUT2D eigenvalue weighted by Crippen LogP contribution is 2.10. The maximum Gasteiger partial charge on any atom is 0.258 e. The molecule has 0 fully saturated rings. The Morgan fingerprint density at radius 3 is 2.68 bits per heavy atom. The number of aromatic hydroxyl groups is 1. The van der Waals surface area contributed by atoms with Crippen LogP contribution in [0, 0.1) is 5.92 Å². The number of hydrogen-bond acceptors (Lipinski definition) is 5. The maximum atomic E-state index is 11.6. The Bertz CT molecular complexity index is 563. The molecule has 0 aliphatic carbocycles. The first-order chi connectivity index (χ1) is 9.08. The van der Waals surface area contributed by atoms with E-state index in [4.69, 9.17) is 5.11 Å². The van der Waals surface area contributed by atoms with Gasteiger partial charge in [0.2, 0.25) is 0 Å². The van der Waals surface area contributed by atoms with Crippen molar-refractivity contribution in [2.75, 3.05) is 0 Å². The Labute approximate surface area is 109 Å². The lowest BCUT2D eigenvalue weighted by atomic mass is 10.1. The molecule has 0 saturated carbocycles. The SMILES string of the molecule is CC(=NNC(=O)C1C=NNC1=O)c1ccc(O)cc1. The molecule has 1 unspecified atom stereocenters. The molecular formula is C12H12N4O3. The van der Waals surface area contributed by atoms with Crippen molar-refractivity contribution in [3.63, 3.8) is 0 Å². The summed E-state index contributed by atoms with van der Waals surface area (Å²) in [6.07, 6.45) is 1.23. The summed E-state index contributed by atoms with van der Waals surface area (Å²) >= 11 is 0. The summed E-state index contributed by atoms with van der Waals surface area (Å²) in [6.45, 7) is 1.70. The Hall–Kier alpha value is -2.70. The van der Waals surface area contributed by atoms with Gasteiger partial charge >= 0.3 is 0 Å². The topological polar surface area (TPSA) is 103 Å². The van der Waals surface area contributed by atoms with E-state index in [0.717, 1.165) is 5.56 Å². The van der Waals surface area contributed by atoms with E-state index < -0.39 is 17.7 Å². The average Bonchev–Trinajstić information content (AvgIpc) is 2.83. The number of benzene rings is 1. The minimum atomic E-state index is -0.948. The van der Waals surface area contributed by atoms with E-state index in [1.54, 1.807) is 19.1 Å². The van der Waals surface area contributed by atoms with Gasteiger partial charge in [0.05, 0.1) is 5.71 Å². The quantitative estimate of drug-likeness (QED) is 0.403. The van der Waals surface area contributed by atoms with Crippen LogP contribution in [0.5, 0.6) is 5.75 Å². The highest BCUT2D eigenvalue weighted by Gasteiger charge is 2.28. The van der Waals surface area contributed by atoms with E-state index in [1.165, 1.54) is 18.3 Å². The third-order valence-corrected chi connectivity index (χ3v) is 2.58. The molecule has 1 aliphatic heterocycles. The fourth-order valence-electron chi connectivity index (χ4n) is 1.48. The minimum absolute atomic E-state index is 0.152. The summed E-state index contributed by atoms with van der Waals surface area (Å²) in [4.78, 5) is 22.8. The number of carbonyl (C=O) groups excluding carboxylic acids is 2. The molecule has 19 heavy (non-hydrogen) atoms. The maximum absolute atomic E-state index is 11.6. The van der Waals surface area contributed by atoms with Crippen LogP contribution < -0.4 is 10.9 Å². The molecule has 7 nitrogen and oxygen atoms in total. The molecule has 3 N–H and O–H groups in total. The van der Waals surface area contributed by atoms with Crippen molar-refractivity contribution in [1.29, 1.82) is 0 Å². The van der Waals surface area contributed by atoms with E-state index in [1.807, 2.05) is 0 Å². The second-order valence-corrected chi connectivity index (χ2v) is 3.95. The number of amides is 2. The third kappa shape index (κ3) is 2.95. The summed E-state index contributed by atoms with van der Waals surface area (Å²) < 4.78 is 0. The zero-order chi connectivity index (χ0) is 13.8. The van der Waals surface area contributed by atoms with Crippen LogP contribution in [0.2, 0.25) is 0 Å². The van der Waals surface area contributed by atoms with Crippen molar-refractivity contribution < 1.29 is 14.7 Å². The number of hydrazone groups is 2. The summed E-state index contributed by atoms with van der Waals surface area (Å²) in [7, 11) is 0. The lowest BCUT2D eigenvalue weighted by molar-refractivity contribution is -0.131. The standard InChI is InChI=1S/C12H12N4O3/c1-7(8-2-4-9(17)5-3-8)14-16-12(19)10-6-13-15-11(10)18/h2-6,10,17H,1H3,(H,15,18)(H,16,19). The van der Waals surface area contributed by atoms with E-state index in [2.05, 4.69) is 21.1 Å². The first-order valence-corrected chi connectivity index (χ1v) is 5.54. The van der Waals surface area contributed by atoms with Crippen LogP contribution in [0.4, 0.5) is 0 Å². The molecule has 98 valence electrons. The van der Waals surface area contributed by atoms with Gasteiger partial charge in [-0.1, -0.05) is 0 Å². The van der Waals surface area contributed by atoms with Crippen molar-refractivity contribution in [2.24, 2.45) is 16.1 Å². The number of phenols is 1. The number of phenolic OH excluding ortho intramolecular Hbond substituents is 1. The fourth-order valence-corrected chi connectivity index (χ4v) is 1.48. The van der Waals surface area contributed by atoms with Gasteiger partial charge in [-0.3, -0.25) is 9.59 Å². The van der Waals surface area contributed by atoms with Gasteiger partial charge in [0.1, 0.15) is 5.75 Å². The average molecular weight is 260 g/mol. The Morgan fingerprint density at radius 2 is 2.11 bits per heavy atom. The van der Waals surface area contributed by atoms with E-state index in [-0.39, 0.29) is 5.75 Å². The number of rotatable bonds is 3. The molecule has 2 rings (SSSR count). The molecule has 1 heterocycles. The molecule has 1 aromatic carbocycles. The van der Waals surface area contributed by atoms with Crippen LogP contribution in [-0.4, -0.2) is 28.8 Å². The van der Waals surface area contributed by atoms with Gasteiger partial charge < -0.3 is 5.11 Å². The normalized spacial score (nSPS) is 18.3. The number of nitrogens with one attached hydrogen (secondary N) is 2. The molecule has 2 amide bonds. The van der Waals surface area contributed by atoms with Crippen LogP contribution in [0.3, 0.4) is 0 Å². The molecule has 0 spiro atoms. The first-order valence-electron chi connectivity index (χ1n) is 5.54. The van der Waals surface area contributed by atoms with Crippen molar-refractivity contribution >= 4 is 23.7 Å². The highest BCUT2D eigenvalue weighted by atomic mass is 16.3. The predicted molar refractivity (Wildman–Crippen MR) is 68.6 cm³/mol. The molecule has 1 aliphatic rings. The van der Waals surface area contributed by atoms with Crippen molar-refractivity contribution in [3.8, 4) is 5.75 Å². The van der Waals surface area contributed by atoms with Crippen molar-refractivity contribution in [1.82, 2.24) is 10.9 Å². The molecule has 0 bridgehead atoms. The predicted octanol–water partition coefficient (Wildman–Crippen LogP) is -0.0358. The smallest absolute Gasteiger partial charge is 0.258 e. The molecular weight excluding hydrogens is 248 g/mol. The molecule has 0 saturated heterocycles. The van der Waals surface area contributed by atoms with Crippen LogP contribution >= 0.6 is 0 Å². The first kappa shape index (κ1) is 12.7. The number of hydrogen-bond donors (Lipinski definition) is 3. The lowest BCUT2D eigenvalue weighted by Gasteiger charge is -2.05. The van der Waals surface area contributed by atoms with Gasteiger partial charge in [-0.05, 0) is 36.8 Å². The van der Waals surface area contributed by atoms with Crippen molar-refractivity contribution in [2.45, 2.75) is 6.92 Å². The van der Waals surface area contributed by atoms with E-state index >= 15 is 0 Å². The van der Waals surface area contributed by atoms with Gasteiger partial charge in [0, 0.05) is 6.21 Å². The van der Waals surface area contributed by atoms with Crippen LogP contribution in [0.25, 0.3) is 0 Å². The fraction of sp³-hybridized carbons (Fsp3) is 0.167. The highest BCUT2D eigenvalue weighted by molar-refractivity contribution is 6.15. The summed E-state index contributed by atoms with van der Waals surface area (Å²) in [5, 5.41) is 16.6. The van der Waals surface area contributed by atoms with Gasteiger partial charge in [0.25, 0.3) is 11.8 Å².